The molecule has 2 nitrogen and oxygen atoms in total. The molecule has 0 amide bonds. The van der Waals surface area contributed by atoms with E-state index in [1.54, 1.807) is 0 Å². The summed E-state index contributed by atoms with van der Waals surface area (Å²) in [6.07, 6.45) is 8.15. The van der Waals surface area contributed by atoms with Gasteiger partial charge in [-0.05, 0) is 45.3 Å². The molecule has 0 aromatic heterocycles. The fraction of sp³-hybridized carbons (Fsp3) is 1.00. The van der Waals surface area contributed by atoms with E-state index < -0.39 is 0 Å². The van der Waals surface area contributed by atoms with Crippen molar-refractivity contribution < 1.29 is 4.74 Å². The van der Waals surface area contributed by atoms with Crippen LogP contribution in [0.5, 0.6) is 0 Å². The minimum Gasteiger partial charge on any atom is -0.375 e. The Bertz CT molecular complexity index is 234. The molecule has 2 atom stereocenters. The molecule has 1 rings (SSSR count). The van der Waals surface area contributed by atoms with Crippen LogP contribution in [0.3, 0.4) is 0 Å². The Hall–Kier alpha value is 0.270. The summed E-state index contributed by atoms with van der Waals surface area (Å²) in [7, 11) is 0. The second kappa shape index (κ2) is 7.16. The first-order valence-electron chi connectivity index (χ1n) is 7.45. The molecule has 1 fully saturated rings. The van der Waals surface area contributed by atoms with Crippen LogP contribution >= 0.6 is 11.8 Å². The zero-order valence-electron chi connectivity index (χ0n) is 12.8. The third-order valence-corrected chi connectivity index (χ3v) is 6.37. The Kier molecular flexibility index (Phi) is 6.49. The average Bonchev–Trinajstić information content (AvgIpc) is 2.41. The van der Waals surface area contributed by atoms with E-state index in [1.165, 1.54) is 12.8 Å². The summed E-state index contributed by atoms with van der Waals surface area (Å²) in [6.45, 7) is 11.1. The summed E-state index contributed by atoms with van der Waals surface area (Å²) < 4.78 is 6.33. The second-order valence-corrected chi connectivity index (χ2v) is 7.09. The van der Waals surface area contributed by atoms with Crippen LogP contribution in [0.1, 0.15) is 59.8 Å². The summed E-state index contributed by atoms with van der Waals surface area (Å²) in [5.41, 5.74) is 0.0936. The number of hydrogen-bond acceptors (Lipinski definition) is 3. The molecule has 2 unspecified atom stereocenters. The van der Waals surface area contributed by atoms with Crippen LogP contribution in [0.25, 0.3) is 0 Å². The SMILES string of the molecule is CCC1(C)CC(NCC(CC)(CC)SC)CCO1. The Morgan fingerprint density at radius 2 is 2.00 bits per heavy atom. The fourth-order valence-electron chi connectivity index (χ4n) is 2.74. The number of ether oxygens (including phenoxy) is 1. The van der Waals surface area contributed by atoms with E-state index in [4.69, 9.17) is 4.74 Å². The summed E-state index contributed by atoms with van der Waals surface area (Å²) >= 11 is 2.02. The van der Waals surface area contributed by atoms with Gasteiger partial charge in [0.1, 0.15) is 0 Å². The number of hydrogen-bond donors (Lipinski definition) is 1. The first-order valence-corrected chi connectivity index (χ1v) is 8.68. The second-order valence-electron chi connectivity index (χ2n) is 5.82. The minimum absolute atomic E-state index is 0.0936. The average molecular weight is 273 g/mol. The van der Waals surface area contributed by atoms with Crippen molar-refractivity contribution in [1.29, 1.82) is 0 Å². The van der Waals surface area contributed by atoms with E-state index in [2.05, 4.69) is 39.3 Å². The van der Waals surface area contributed by atoms with Gasteiger partial charge < -0.3 is 10.1 Å². The molecular formula is C15H31NOS. The maximum Gasteiger partial charge on any atom is 0.0666 e. The number of rotatable bonds is 7. The van der Waals surface area contributed by atoms with Crippen LogP contribution in [-0.2, 0) is 4.74 Å². The van der Waals surface area contributed by atoms with Crippen molar-refractivity contribution in [3.8, 4) is 0 Å². The Labute approximate surface area is 118 Å². The van der Waals surface area contributed by atoms with Crippen molar-refractivity contribution in [2.45, 2.75) is 76.2 Å². The molecule has 0 saturated carbocycles. The first-order chi connectivity index (χ1) is 8.53. The molecule has 0 aromatic carbocycles. The molecule has 0 aliphatic carbocycles. The van der Waals surface area contributed by atoms with E-state index in [0.29, 0.717) is 10.8 Å². The van der Waals surface area contributed by atoms with E-state index in [0.717, 1.165) is 32.4 Å². The van der Waals surface area contributed by atoms with Gasteiger partial charge in [-0.15, -0.1) is 0 Å². The van der Waals surface area contributed by atoms with Gasteiger partial charge >= 0.3 is 0 Å². The molecule has 0 radical (unpaired) electrons. The smallest absolute Gasteiger partial charge is 0.0666 e. The predicted molar refractivity (Wildman–Crippen MR) is 82.5 cm³/mol. The van der Waals surface area contributed by atoms with Gasteiger partial charge in [-0.1, -0.05) is 20.8 Å². The lowest BCUT2D eigenvalue weighted by atomic mass is 9.89. The standard InChI is InChI=1S/C15H31NOS/c1-6-14(4)11-13(9-10-17-14)16-12-15(7-2,8-3)18-5/h13,16H,6-12H2,1-5H3. The predicted octanol–water partition coefficient (Wildman–Crippen LogP) is 3.85. The van der Waals surface area contributed by atoms with Crippen molar-refractivity contribution in [2.75, 3.05) is 19.4 Å². The molecule has 1 heterocycles. The lowest BCUT2D eigenvalue weighted by molar-refractivity contribution is -0.0780. The fourth-order valence-corrected chi connectivity index (χ4v) is 3.55. The van der Waals surface area contributed by atoms with Crippen molar-refractivity contribution >= 4 is 11.8 Å². The summed E-state index contributed by atoms with van der Waals surface area (Å²) in [5.74, 6) is 0. The normalized spacial score (nSPS) is 29.5. The molecule has 0 bridgehead atoms. The van der Waals surface area contributed by atoms with Gasteiger partial charge in [0.25, 0.3) is 0 Å². The van der Waals surface area contributed by atoms with Gasteiger partial charge in [-0.2, -0.15) is 11.8 Å². The van der Waals surface area contributed by atoms with Crippen molar-refractivity contribution in [1.82, 2.24) is 5.32 Å². The highest BCUT2D eigenvalue weighted by molar-refractivity contribution is 8.00. The van der Waals surface area contributed by atoms with Gasteiger partial charge in [-0.25, -0.2) is 0 Å². The molecule has 1 aliphatic heterocycles. The Balaban J connectivity index is 2.47. The molecular weight excluding hydrogens is 242 g/mol. The van der Waals surface area contributed by atoms with Gasteiger partial charge in [0.05, 0.1) is 5.60 Å². The monoisotopic (exact) mass is 273 g/mol. The quantitative estimate of drug-likeness (QED) is 0.761. The van der Waals surface area contributed by atoms with Gasteiger partial charge in [0.2, 0.25) is 0 Å². The highest BCUT2D eigenvalue weighted by Gasteiger charge is 2.33. The lowest BCUT2D eigenvalue weighted by Gasteiger charge is -2.40. The van der Waals surface area contributed by atoms with Crippen LogP contribution < -0.4 is 5.32 Å². The summed E-state index contributed by atoms with van der Waals surface area (Å²) in [5, 5.41) is 3.80. The van der Waals surface area contributed by atoms with Crippen molar-refractivity contribution in [2.24, 2.45) is 0 Å². The topological polar surface area (TPSA) is 21.3 Å². The third kappa shape index (κ3) is 4.14. The van der Waals surface area contributed by atoms with E-state index in [1.807, 2.05) is 11.8 Å². The molecule has 108 valence electrons. The molecule has 1 saturated heterocycles. The highest BCUT2D eigenvalue weighted by Crippen LogP contribution is 2.31. The largest absolute Gasteiger partial charge is 0.375 e. The van der Waals surface area contributed by atoms with Crippen molar-refractivity contribution in [3.63, 3.8) is 0 Å². The maximum absolute atomic E-state index is 5.91. The van der Waals surface area contributed by atoms with Crippen LogP contribution in [-0.4, -0.2) is 35.8 Å². The lowest BCUT2D eigenvalue weighted by Crippen LogP contribution is -2.48. The minimum atomic E-state index is 0.0936. The van der Waals surface area contributed by atoms with E-state index >= 15 is 0 Å². The zero-order chi connectivity index (χ0) is 13.6. The van der Waals surface area contributed by atoms with E-state index in [9.17, 15) is 0 Å². The van der Waals surface area contributed by atoms with Crippen molar-refractivity contribution in [3.05, 3.63) is 0 Å². The van der Waals surface area contributed by atoms with Crippen LogP contribution in [0.4, 0.5) is 0 Å². The molecule has 0 spiro atoms. The highest BCUT2D eigenvalue weighted by atomic mass is 32.2. The zero-order valence-corrected chi connectivity index (χ0v) is 13.7. The molecule has 3 heteroatoms. The third-order valence-electron chi connectivity index (χ3n) is 4.78. The molecule has 18 heavy (non-hydrogen) atoms. The first kappa shape index (κ1) is 16.3. The Morgan fingerprint density at radius 3 is 2.50 bits per heavy atom. The van der Waals surface area contributed by atoms with Gasteiger partial charge in [0.15, 0.2) is 0 Å². The molecule has 1 N–H and O–H groups in total. The molecule has 0 aromatic rings. The van der Waals surface area contributed by atoms with Crippen LogP contribution in [0.2, 0.25) is 0 Å². The van der Waals surface area contributed by atoms with E-state index in [-0.39, 0.29) is 5.60 Å². The van der Waals surface area contributed by atoms with Crippen LogP contribution in [0.15, 0.2) is 0 Å². The number of thioether (sulfide) groups is 1. The van der Waals surface area contributed by atoms with Gasteiger partial charge in [0, 0.05) is 23.9 Å². The van der Waals surface area contributed by atoms with Gasteiger partial charge in [-0.3, -0.25) is 0 Å². The number of nitrogens with one attached hydrogen (secondary N) is 1. The summed E-state index contributed by atoms with van der Waals surface area (Å²) in [6, 6.07) is 0.633. The summed E-state index contributed by atoms with van der Waals surface area (Å²) in [4.78, 5) is 0. The Morgan fingerprint density at radius 1 is 1.33 bits per heavy atom. The molecule has 1 aliphatic rings. The maximum atomic E-state index is 5.91. The van der Waals surface area contributed by atoms with Crippen LogP contribution in [0, 0.1) is 0 Å².